The summed E-state index contributed by atoms with van der Waals surface area (Å²) in [5.41, 5.74) is 6.57. The van der Waals surface area contributed by atoms with Gasteiger partial charge in [-0.1, -0.05) is 0 Å². The molecular weight excluding hydrogens is 152 g/mol. The highest BCUT2D eigenvalue weighted by Crippen LogP contribution is 2.15. The van der Waals surface area contributed by atoms with Crippen LogP contribution < -0.4 is 5.73 Å². The van der Waals surface area contributed by atoms with Crippen LogP contribution in [-0.4, -0.2) is 14.4 Å². The fourth-order valence-electron chi connectivity index (χ4n) is 1.13. The lowest BCUT2D eigenvalue weighted by Gasteiger charge is -2.15. The first-order chi connectivity index (χ1) is 5.57. The van der Waals surface area contributed by atoms with Crippen molar-refractivity contribution in [3.05, 3.63) is 24.3 Å². The summed E-state index contributed by atoms with van der Waals surface area (Å²) in [5.74, 6) is 0.837. The minimum Gasteiger partial charge on any atom is -0.326 e. The quantitative estimate of drug-likeness (QED) is 0.656. The lowest BCUT2D eigenvalue weighted by atomic mass is 10.0. The van der Waals surface area contributed by atoms with Gasteiger partial charge in [-0.15, -0.1) is 0 Å². The summed E-state index contributed by atoms with van der Waals surface area (Å²) in [6, 6.07) is 0. The molecule has 0 unspecified atom stereocenters. The van der Waals surface area contributed by atoms with Crippen LogP contribution in [0.1, 0.15) is 19.5 Å². The Balaban J connectivity index is 2.59. The number of aromatic nitrogens is 3. The normalized spacial score (nSPS) is 12.6. The maximum Gasteiger partial charge on any atom is 0.211 e. The number of rotatable bonds is 1. The van der Waals surface area contributed by atoms with Crippen molar-refractivity contribution < 1.29 is 0 Å². The summed E-state index contributed by atoms with van der Waals surface area (Å²) in [4.78, 5) is 7.25. The highest BCUT2D eigenvalue weighted by molar-refractivity contribution is 5.32. The van der Waals surface area contributed by atoms with Crippen LogP contribution in [0, 0.1) is 0 Å². The molecule has 0 aliphatic heterocycles. The van der Waals surface area contributed by atoms with Gasteiger partial charge in [-0.2, -0.15) is 0 Å². The maximum absolute atomic E-state index is 5.91. The van der Waals surface area contributed by atoms with Crippen LogP contribution in [-0.2, 0) is 5.54 Å². The molecule has 0 saturated heterocycles. The third-order valence-electron chi connectivity index (χ3n) is 1.88. The summed E-state index contributed by atoms with van der Waals surface area (Å²) in [7, 11) is 0. The van der Waals surface area contributed by atoms with E-state index < -0.39 is 0 Å². The number of imidazole rings is 2. The monoisotopic (exact) mass is 164 g/mol. The van der Waals surface area contributed by atoms with Crippen LogP contribution in [0.2, 0.25) is 0 Å². The molecule has 0 bridgehead atoms. The SMILES string of the molecule is CC(C)(N)c1cn2ccnc2[nH]1. The van der Waals surface area contributed by atoms with E-state index in [4.69, 9.17) is 5.73 Å². The summed E-state index contributed by atoms with van der Waals surface area (Å²) in [6.45, 7) is 3.91. The molecule has 0 aliphatic carbocycles. The van der Waals surface area contributed by atoms with Crippen LogP contribution >= 0.6 is 0 Å². The molecule has 2 aromatic rings. The molecule has 0 amide bonds. The predicted octanol–water partition coefficient (Wildman–Crippen LogP) is 0.856. The zero-order valence-electron chi connectivity index (χ0n) is 7.20. The minimum atomic E-state index is -0.333. The highest BCUT2D eigenvalue weighted by atomic mass is 15.1. The summed E-state index contributed by atoms with van der Waals surface area (Å²) in [5, 5.41) is 0. The van der Waals surface area contributed by atoms with Gasteiger partial charge in [0, 0.05) is 18.6 Å². The van der Waals surface area contributed by atoms with E-state index >= 15 is 0 Å². The minimum absolute atomic E-state index is 0.333. The van der Waals surface area contributed by atoms with Gasteiger partial charge in [0.05, 0.1) is 11.2 Å². The van der Waals surface area contributed by atoms with Gasteiger partial charge in [0.25, 0.3) is 0 Å². The van der Waals surface area contributed by atoms with E-state index in [1.165, 1.54) is 0 Å². The van der Waals surface area contributed by atoms with Gasteiger partial charge in [0.1, 0.15) is 0 Å². The molecule has 2 aromatic heterocycles. The summed E-state index contributed by atoms with van der Waals surface area (Å²) < 4.78 is 1.92. The Bertz CT molecular complexity index is 362. The van der Waals surface area contributed by atoms with Crippen molar-refractivity contribution in [2.75, 3.05) is 0 Å². The van der Waals surface area contributed by atoms with Crippen molar-refractivity contribution >= 4 is 5.78 Å². The van der Waals surface area contributed by atoms with Gasteiger partial charge >= 0.3 is 0 Å². The molecule has 0 saturated carbocycles. The summed E-state index contributed by atoms with van der Waals surface area (Å²) in [6.07, 6.45) is 5.60. The van der Waals surface area contributed by atoms with Gasteiger partial charge in [-0.05, 0) is 13.8 Å². The third kappa shape index (κ3) is 1.00. The Morgan fingerprint density at radius 3 is 2.92 bits per heavy atom. The molecule has 4 nitrogen and oxygen atoms in total. The van der Waals surface area contributed by atoms with E-state index in [2.05, 4.69) is 9.97 Å². The van der Waals surface area contributed by atoms with Crippen LogP contribution in [0.3, 0.4) is 0 Å². The number of fused-ring (bicyclic) bond motifs is 1. The van der Waals surface area contributed by atoms with Gasteiger partial charge in [0.2, 0.25) is 5.78 Å². The molecule has 0 aromatic carbocycles. The van der Waals surface area contributed by atoms with Crippen molar-refractivity contribution in [1.82, 2.24) is 14.4 Å². The number of nitrogens with one attached hydrogen (secondary N) is 1. The first kappa shape index (κ1) is 7.36. The Labute approximate surface area is 70.4 Å². The average Bonchev–Trinajstić information content (AvgIpc) is 2.37. The molecule has 0 radical (unpaired) electrons. The van der Waals surface area contributed by atoms with Crippen molar-refractivity contribution in [2.45, 2.75) is 19.4 Å². The number of hydrogen-bond donors (Lipinski definition) is 2. The molecule has 64 valence electrons. The smallest absolute Gasteiger partial charge is 0.211 e. The first-order valence-electron chi connectivity index (χ1n) is 3.88. The molecule has 0 spiro atoms. The fourth-order valence-corrected chi connectivity index (χ4v) is 1.13. The number of nitrogens with two attached hydrogens (primary N) is 1. The standard InChI is InChI=1S/C8H12N4/c1-8(2,9)6-5-12-4-3-10-7(12)11-6/h3-5H,9H2,1-2H3,(H,10,11). The number of nitrogens with zero attached hydrogens (tertiary/aromatic N) is 2. The van der Waals surface area contributed by atoms with Crippen molar-refractivity contribution in [2.24, 2.45) is 5.73 Å². The highest BCUT2D eigenvalue weighted by Gasteiger charge is 2.16. The first-order valence-corrected chi connectivity index (χ1v) is 3.88. The Kier molecular flexibility index (Phi) is 1.29. The van der Waals surface area contributed by atoms with E-state index in [1.54, 1.807) is 6.20 Å². The molecule has 0 atom stereocenters. The van der Waals surface area contributed by atoms with E-state index in [1.807, 2.05) is 30.6 Å². The Hall–Kier alpha value is -1.29. The van der Waals surface area contributed by atoms with Gasteiger partial charge in [-0.3, -0.25) is 4.40 Å². The predicted molar refractivity (Wildman–Crippen MR) is 46.8 cm³/mol. The zero-order valence-corrected chi connectivity index (χ0v) is 7.20. The molecule has 0 aliphatic rings. The Morgan fingerprint density at radius 2 is 2.33 bits per heavy atom. The van der Waals surface area contributed by atoms with Crippen molar-refractivity contribution in [1.29, 1.82) is 0 Å². The van der Waals surface area contributed by atoms with Crippen molar-refractivity contribution in [3.8, 4) is 0 Å². The summed E-state index contributed by atoms with van der Waals surface area (Å²) >= 11 is 0. The van der Waals surface area contributed by atoms with Crippen LogP contribution in [0.5, 0.6) is 0 Å². The molecule has 2 rings (SSSR count). The molecular formula is C8H12N4. The van der Waals surface area contributed by atoms with Gasteiger partial charge in [-0.25, -0.2) is 4.98 Å². The number of aromatic amines is 1. The van der Waals surface area contributed by atoms with Gasteiger partial charge in [0.15, 0.2) is 0 Å². The largest absolute Gasteiger partial charge is 0.326 e. The average molecular weight is 164 g/mol. The third-order valence-corrected chi connectivity index (χ3v) is 1.88. The number of hydrogen-bond acceptors (Lipinski definition) is 2. The molecule has 4 heteroatoms. The lowest BCUT2D eigenvalue weighted by Crippen LogP contribution is -2.29. The maximum atomic E-state index is 5.91. The zero-order chi connectivity index (χ0) is 8.77. The second-order valence-electron chi connectivity index (χ2n) is 3.55. The molecule has 0 fully saturated rings. The number of H-pyrrole nitrogens is 1. The van der Waals surface area contributed by atoms with Crippen LogP contribution in [0.4, 0.5) is 0 Å². The second-order valence-corrected chi connectivity index (χ2v) is 3.55. The van der Waals surface area contributed by atoms with Crippen LogP contribution in [0.25, 0.3) is 5.78 Å². The second kappa shape index (κ2) is 2.10. The van der Waals surface area contributed by atoms with E-state index in [9.17, 15) is 0 Å². The molecule has 2 heterocycles. The molecule has 3 N–H and O–H groups in total. The fraction of sp³-hybridized carbons (Fsp3) is 0.375. The topological polar surface area (TPSA) is 59.1 Å². The van der Waals surface area contributed by atoms with Crippen LogP contribution in [0.15, 0.2) is 18.6 Å². The van der Waals surface area contributed by atoms with Gasteiger partial charge < -0.3 is 10.7 Å². The Morgan fingerprint density at radius 1 is 1.58 bits per heavy atom. The van der Waals surface area contributed by atoms with E-state index in [0.29, 0.717) is 0 Å². The molecule has 12 heavy (non-hydrogen) atoms. The van der Waals surface area contributed by atoms with E-state index in [-0.39, 0.29) is 5.54 Å². The van der Waals surface area contributed by atoms with E-state index in [0.717, 1.165) is 11.5 Å². The van der Waals surface area contributed by atoms with Crippen molar-refractivity contribution in [3.63, 3.8) is 0 Å². The lowest BCUT2D eigenvalue weighted by molar-refractivity contribution is 0.538.